The molecule has 0 unspecified atom stereocenters. The van der Waals surface area contributed by atoms with E-state index in [2.05, 4.69) is 30.0 Å². The number of ether oxygens (including phenoxy) is 1. The fourth-order valence-corrected chi connectivity index (χ4v) is 3.74. The van der Waals surface area contributed by atoms with Crippen molar-refractivity contribution in [2.24, 2.45) is 0 Å². The molecule has 1 amide bonds. The minimum Gasteiger partial charge on any atom is -0.439 e. The summed E-state index contributed by atoms with van der Waals surface area (Å²) in [6, 6.07) is 8.81. The number of aryl methyl sites for hydroxylation is 2. The van der Waals surface area contributed by atoms with Gasteiger partial charge < -0.3 is 10.1 Å². The van der Waals surface area contributed by atoms with Crippen LogP contribution in [0.5, 0.6) is 11.6 Å². The maximum absolute atomic E-state index is 12.5. The van der Waals surface area contributed by atoms with Gasteiger partial charge in [0, 0.05) is 17.4 Å². The number of amides is 1. The zero-order chi connectivity index (χ0) is 22.7. The Morgan fingerprint density at radius 2 is 1.94 bits per heavy atom. The number of carbonyl (C=O) groups is 1. The predicted octanol–water partition coefficient (Wildman–Crippen LogP) is 4.44. The second kappa shape index (κ2) is 9.23. The lowest BCUT2D eigenvalue weighted by molar-refractivity contribution is 0.102. The number of hydrogen-bond donors (Lipinski definition) is 1. The molecule has 1 N–H and O–H groups in total. The molecule has 3 aromatic heterocycles. The van der Waals surface area contributed by atoms with Gasteiger partial charge in [0.1, 0.15) is 17.0 Å². The summed E-state index contributed by atoms with van der Waals surface area (Å²) in [6.07, 6.45) is 3.08. The van der Waals surface area contributed by atoms with Gasteiger partial charge in [0.15, 0.2) is 5.82 Å². The average molecular weight is 450 g/mol. The van der Waals surface area contributed by atoms with Crippen molar-refractivity contribution in [3.8, 4) is 17.4 Å². The van der Waals surface area contributed by atoms with Gasteiger partial charge in [-0.05, 0) is 68.6 Å². The van der Waals surface area contributed by atoms with Gasteiger partial charge in [-0.15, -0.1) is 5.10 Å². The maximum Gasteiger partial charge on any atom is 0.269 e. The highest BCUT2D eigenvalue weighted by Gasteiger charge is 2.16. The Morgan fingerprint density at radius 3 is 2.62 bits per heavy atom. The first-order valence-corrected chi connectivity index (χ1v) is 11.0. The van der Waals surface area contributed by atoms with Crippen LogP contribution in [0.3, 0.4) is 0 Å². The zero-order valence-corrected chi connectivity index (χ0v) is 19.1. The van der Waals surface area contributed by atoms with Crippen LogP contribution in [0.15, 0.2) is 36.7 Å². The van der Waals surface area contributed by atoms with Crippen LogP contribution in [-0.2, 0) is 6.42 Å². The van der Waals surface area contributed by atoms with E-state index < -0.39 is 0 Å². The van der Waals surface area contributed by atoms with Gasteiger partial charge in [-0.25, -0.2) is 14.6 Å². The number of hydrogen-bond acceptors (Lipinski definition) is 8. The Balaban J connectivity index is 1.45. The molecule has 0 saturated heterocycles. The molecular weight excluding hydrogens is 426 g/mol. The molecule has 0 aliphatic rings. The molecule has 0 radical (unpaired) electrons. The molecule has 0 spiro atoms. The topological polar surface area (TPSA) is 108 Å². The van der Waals surface area contributed by atoms with Crippen LogP contribution in [0.25, 0.3) is 5.82 Å². The van der Waals surface area contributed by atoms with Crippen molar-refractivity contribution in [3.63, 3.8) is 0 Å². The van der Waals surface area contributed by atoms with Crippen molar-refractivity contribution in [1.82, 2.24) is 29.3 Å². The lowest BCUT2D eigenvalue weighted by Gasteiger charge is -2.09. The van der Waals surface area contributed by atoms with E-state index in [0.717, 1.165) is 47.0 Å². The van der Waals surface area contributed by atoms with Gasteiger partial charge in [0.2, 0.25) is 5.88 Å². The van der Waals surface area contributed by atoms with Crippen LogP contribution in [0.1, 0.15) is 45.7 Å². The van der Waals surface area contributed by atoms with E-state index in [1.54, 1.807) is 35.0 Å². The van der Waals surface area contributed by atoms with Crippen molar-refractivity contribution < 1.29 is 9.53 Å². The minimum absolute atomic E-state index is 0.210. The van der Waals surface area contributed by atoms with Gasteiger partial charge >= 0.3 is 0 Å². The molecule has 0 atom stereocenters. The third kappa shape index (κ3) is 4.50. The maximum atomic E-state index is 12.5. The number of anilines is 1. The van der Waals surface area contributed by atoms with Crippen LogP contribution in [0.2, 0.25) is 0 Å². The average Bonchev–Trinajstić information content (AvgIpc) is 3.36. The smallest absolute Gasteiger partial charge is 0.269 e. The molecule has 3 heterocycles. The normalized spacial score (nSPS) is 10.9. The number of nitrogens with zero attached hydrogens (tertiary/aromatic N) is 6. The van der Waals surface area contributed by atoms with E-state index in [9.17, 15) is 4.79 Å². The molecule has 0 aliphatic heterocycles. The SMILES string of the molecule is CCCc1nnsc1C(=O)Nc1ccc(Oc2cc(-n3nc(C)c(C)c3C)ncn2)cc1. The molecule has 0 saturated carbocycles. The fourth-order valence-electron chi connectivity index (χ4n) is 3.14. The number of nitrogens with one attached hydrogen (secondary N) is 1. The van der Waals surface area contributed by atoms with E-state index >= 15 is 0 Å². The van der Waals surface area contributed by atoms with Crippen LogP contribution < -0.4 is 10.1 Å². The first kappa shape index (κ1) is 21.6. The second-order valence-corrected chi connectivity index (χ2v) is 8.06. The lowest BCUT2D eigenvalue weighted by atomic mass is 10.2. The van der Waals surface area contributed by atoms with Gasteiger partial charge in [0.05, 0.1) is 11.4 Å². The Hall–Kier alpha value is -3.66. The van der Waals surface area contributed by atoms with Crippen molar-refractivity contribution in [2.75, 3.05) is 5.32 Å². The van der Waals surface area contributed by atoms with Crippen molar-refractivity contribution in [1.29, 1.82) is 0 Å². The molecule has 9 nitrogen and oxygen atoms in total. The fraction of sp³-hybridized carbons (Fsp3) is 0.273. The first-order valence-electron chi connectivity index (χ1n) is 10.2. The molecular formula is C22H23N7O2S. The summed E-state index contributed by atoms with van der Waals surface area (Å²) in [7, 11) is 0. The van der Waals surface area contributed by atoms with E-state index in [-0.39, 0.29) is 5.91 Å². The number of rotatable bonds is 7. The van der Waals surface area contributed by atoms with Crippen molar-refractivity contribution >= 4 is 23.1 Å². The monoisotopic (exact) mass is 449 g/mol. The largest absolute Gasteiger partial charge is 0.439 e. The molecule has 4 aromatic rings. The van der Waals surface area contributed by atoms with E-state index in [0.29, 0.717) is 28.0 Å². The van der Waals surface area contributed by atoms with Crippen LogP contribution >= 0.6 is 11.5 Å². The molecule has 164 valence electrons. The summed E-state index contributed by atoms with van der Waals surface area (Å²) < 4.78 is 11.6. The number of carbonyl (C=O) groups excluding carboxylic acids is 1. The standard InChI is InChI=1S/C22H23N7O2S/c1-5-6-18-21(32-28-26-18)22(30)25-16-7-9-17(10-8-16)31-20-11-19(23-12-24-20)29-15(4)13(2)14(3)27-29/h7-12H,5-6H2,1-4H3,(H,25,30). The quantitative estimate of drug-likeness (QED) is 0.444. The van der Waals surface area contributed by atoms with E-state index in [1.165, 1.54) is 6.33 Å². The van der Waals surface area contributed by atoms with E-state index in [1.807, 2.05) is 27.7 Å². The predicted molar refractivity (Wildman–Crippen MR) is 122 cm³/mol. The number of benzene rings is 1. The summed E-state index contributed by atoms with van der Waals surface area (Å²) >= 11 is 1.11. The molecule has 0 bridgehead atoms. The molecule has 1 aromatic carbocycles. The first-order chi connectivity index (χ1) is 15.5. The second-order valence-electron chi connectivity index (χ2n) is 7.30. The van der Waals surface area contributed by atoms with Gasteiger partial charge in [-0.1, -0.05) is 17.8 Å². The highest BCUT2D eigenvalue weighted by molar-refractivity contribution is 7.08. The van der Waals surface area contributed by atoms with Crippen molar-refractivity contribution in [3.05, 3.63) is 64.2 Å². The summed E-state index contributed by atoms with van der Waals surface area (Å²) in [5.74, 6) is 1.41. The lowest BCUT2D eigenvalue weighted by Crippen LogP contribution is -2.12. The Morgan fingerprint density at radius 1 is 1.16 bits per heavy atom. The van der Waals surface area contributed by atoms with Crippen LogP contribution in [-0.4, -0.2) is 35.2 Å². The molecule has 10 heteroatoms. The minimum atomic E-state index is -0.210. The molecule has 32 heavy (non-hydrogen) atoms. The molecule has 4 rings (SSSR count). The zero-order valence-electron chi connectivity index (χ0n) is 18.3. The molecule has 0 aliphatic carbocycles. The third-order valence-corrected chi connectivity index (χ3v) is 5.85. The summed E-state index contributed by atoms with van der Waals surface area (Å²) in [5.41, 5.74) is 4.48. The summed E-state index contributed by atoms with van der Waals surface area (Å²) in [4.78, 5) is 21.6. The van der Waals surface area contributed by atoms with Crippen LogP contribution in [0, 0.1) is 20.8 Å². The Kier molecular flexibility index (Phi) is 6.22. The molecule has 0 fully saturated rings. The van der Waals surface area contributed by atoms with Crippen LogP contribution in [0.4, 0.5) is 5.69 Å². The van der Waals surface area contributed by atoms with Gasteiger partial charge in [-0.3, -0.25) is 4.79 Å². The van der Waals surface area contributed by atoms with Gasteiger partial charge in [0.25, 0.3) is 5.91 Å². The Labute approximate surface area is 189 Å². The van der Waals surface area contributed by atoms with Gasteiger partial charge in [-0.2, -0.15) is 5.10 Å². The Bertz CT molecular complexity index is 1250. The highest BCUT2D eigenvalue weighted by atomic mass is 32.1. The summed E-state index contributed by atoms with van der Waals surface area (Å²) in [5, 5.41) is 11.4. The number of aromatic nitrogens is 6. The summed E-state index contributed by atoms with van der Waals surface area (Å²) in [6.45, 7) is 8.04. The van der Waals surface area contributed by atoms with E-state index in [4.69, 9.17) is 4.74 Å². The highest BCUT2D eigenvalue weighted by Crippen LogP contribution is 2.24. The third-order valence-electron chi connectivity index (χ3n) is 5.08. The van der Waals surface area contributed by atoms with Crippen molar-refractivity contribution in [2.45, 2.75) is 40.5 Å².